The maximum atomic E-state index is 10.5. The van der Waals surface area contributed by atoms with Crippen LogP contribution in [0.4, 0.5) is 17.1 Å². The zero-order valence-corrected chi connectivity index (χ0v) is 13.9. The Morgan fingerprint density at radius 3 is 1.92 bits per heavy atom. The zero-order chi connectivity index (χ0) is 17.4. The van der Waals surface area contributed by atoms with Gasteiger partial charge in [0.1, 0.15) is 0 Å². The van der Waals surface area contributed by atoms with Crippen LogP contribution in [-0.2, 0) is 4.79 Å². The highest BCUT2D eigenvalue weighted by molar-refractivity contribution is 5.85. The number of hydrogen-bond acceptors (Lipinski definition) is 4. The van der Waals surface area contributed by atoms with Crippen LogP contribution in [0, 0.1) is 0 Å². The van der Waals surface area contributed by atoms with Crippen molar-refractivity contribution >= 4 is 29.1 Å². The highest BCUT2D eigenvalue weighted by atomic mass is 16.4. The first-order valence-electron chi connectivity index (χ1n) is 7.90. The second kappa shape index (κ2) is 8.62. The Bertz CT molecular complexity index is 715. The van der Waals surface area contributed by atoms with Crippen LogP contribution in [-0.4, -0.2) is 24.2 Å². The average molecular weight is 323 g/mol. The molecule has 0 aliphatic heterocycles. The summed E-state index contributed by atoms with van der Waals surface area (Å²) in [5.41, 5.74) is 3.49. The molecule has 0 spiro atoms. The van der Waals surface area contributed by atoms with Gasteiger partial charge in [-0.25, -0.2) is 4.79 Å². The molecule has 0 unspecified atom stereocenters. The minimum Gasteiger partial charge on any atom is -0.478 e. The van der Waals surface area contributed by atoms with Gasteiger partial charge in [-0.1, -0.05) is 12.1 Å². The molecule has 124 valence electrons. The summed E-state index contributed by atoms with van der Waals surface area (Å²) in [5.74, 6) is -0.966. The van der Waals surface area contributed by atoms with Crippen molar-refractivity contribution < 1.29 is 9.90 Å². The molecule has 0 radical (unpaired) electrons. The number of anilines is 1. The third-order valence-corrected chi connectivity index (χ3v) is 3.57. The summed E-state index contributed by atoms with van der Waals surface area (Å²) in [6.45, 7) is 6.21. The van der Waals surface area contributed by atoms with E-state index in [4.69, 9.17) is 5.11 Å². The smallest absolute Gasteiger partial charge is 0.328 e. The van der Waals surface area contributed by atoms with E-state index in [2.05, 4.69) is 29.0 Å². The summed E-state index contributed by atoms with van der Waals surface area (Å²) < 4.78 is 0. The molecule has 5 nitrogen and oxygen atoms in total. The molecular weight excluding hydrogens is 302 g/mol. The number of nitrogens with zero attached hydrogens (tertiary/aromatic N) is 3. The van der Waals surface area contributed by atoms with Crippen LogP contribution in [0.5, 0.6) is 0 Å². The molecule has 0 saturated heterocycles. The van der Waals surface area contributed by atoms with Gasteiger partial charge >= 0.3 is 5.97 Å². The molecule has 0 saturated carbocycles. The van der Waals surface area contributed by atoms with Crippen molar-refractivity contribution in [3.05, 3.63) is 60.2 Å². The van der Waals surface area contributed by atoms with Crippen molar-refractivity contribution in [3.63, 3.8) is 0 Å². The Morgan fingerprint density at radius 1 is 0.958 bits per heavy atom. The van der Waals surface area contributed by atoms with Gasteiger partial charge in [0.25, 0.3) is 0 Å². The average Bonchev–Trinajstić information content (AvgIpc) is 2.61. The van der Waals surface area contributed by atoms with Crippen molar-refractivity contribution in [2.24, 2.45) is 10.2 Å². The Kier molecular flexibility index (Phi) is 6.25. The molecule has 0 atom stereocenters. The van der Waals surface area contributed by atoms with Gasteiger partial charge in [0.15, 0.2) is 0 Å². The zero-order valence-electron chi connectivity index (χ0n) is 13.9. The van der Waals surface area contributed by atoms with Gasteiger partial charge in [-0.2, -0.15) is 10.2 Å². The summed E-state index contributed by atoms with van der Waals surface area (Å²) in [5, 5.41) is 17.0. The van der Waals surface area contributed by atoms with Gasteiger partial charge in [0.05, 0.1) is 11.4 Å². The van der Waals surface area contributed by atoms with Crippen molar-refractivity contribution in [3.8, 4) is 0 Å². The molecule has 0 bridgehead atoms. The number of carboxylic acid groups (broad SMARTS) is 1. The second-order valence-corrected chi connectivity index (χ2v) is 5.15. The van der Waals surface area contributed by atoms with Crippen molar-refractivity contribution in [2.75, 3.05) is 18.0 Å². The summed E-state index contributed by atoms with van der Waals surface area (Å²) in [7, 11) is 0. The van der Waals surface area contributed by atoms with Crippen molar-refractivity contribution in [2.45, 2.75) is 13.8 Å². The van der Waals surface area contributed by atoms with E-state index in [-0.39, 0.29) is 0 Å². The van der Waals surface area contributed by atoms with E-state index in [1.807, 2.05) is 24.3 Å². The van der Waals surface area contributed by atoms with E-state index in [0.29, 0.717) is 0 Å². The van der Waals surface area contributed by atoms with Gasteiger partial charge in [0, 0.05) is 24.9 Å². The summed E-state index contributed by atoms with van der Waals surface area (Å²) in [4.78, 5) is 12.7. The Labute approximate surface area is 142 Å². The first-order chi connectivity index (χ1) is 11.6. The summed E-state index contributed by atoms with van der Waals surface area (Å²) in [6.07, 6.45) is 2.64. The number of carboxylic acids is 1. The molecule has 2 aromatic carbocycles. The van der Waals surface area contributed by atoms with Crippen LogP contribution >= 0.6 is 0 Å². The fourth-order valence-corrected chi connectivity index (χ4v) is 2.25. The van der Waals surface area contributed by atoms with E-state index in [1.165, 1.54) is 11.8 Å². The van der Waals surface area contributed by atoms with Crippen LogP contribution in [0.3, 0.4) is 0 Å². The monoisotopic (exact) mass is 323 g/mol. The Balaban J connectivity index is 2.04. The highest BCUT2D eigenvalue weighted by Gasteiger charge is 2.00. The molecule has 24 heavy (non-hydrogen) atoms. The van der Waals surface area contributed by atoms with Gasteiger partial charge in [-0.05, 0) is 61.9 Å². The lowest BCUT2D eigenvalue weighted by atomic mass is 10.2. The molecule has 1 N–H and O–H groups in total. The molecule has 0 heterocycles. The van der Waals surface area contributed by atoms with Crippen LogP contribution in [0.2, 0.25) is 0 Å². The number of benzene rings is 2. The number of carbonyl (C=O) groups is 1. The Hall–Kier alpha value is -2.95. The summed E-state index contributed by atoms with van der Waals surface area (Å²) >= 11 is 0. The predicted molar refractivity (Wildman–Crippen MR) is 97.3 cm³/mol. The van der Waals surface area contributed by atoms with E-state index >= 15 is 0 Å². The van der Waals surface area contributed by atoms with E-state index in [9.17, 15) is 4.79 Å². The predicted octanol–water partition coefficient (Wildman–Crippen LogP) is 5.05. The van der Waals surface area contributed by atoms with E-state index < -0.39 is 5.97 Å². The number of rotatable bonds is 7. The van der Waals surface area contributed by atoms with Crippen molar-refractivity contribution in [1.82, 2.24) is 0 Å². The fraction of sp³-hybridized carbons (Fsp3) is 0.211. The quantitative estimate of drug-likeness (QED) is 0.573. The maximum absolute atomic E-state index is 10.5. The highest BCUT2D eigenvalue weighted by Crippen LogP contribution is 2.22. The Morgan fingerprint density at radius 2 is 1.46 bits per heavy atom. The topological polar surface area (TPSA) is 65.3 Å². The van der Waals surface area contributed by atoms with Crippen LogP contribution in [0.1, 0.15) is 19.4 Å². The van der Waals surface area contributed by atoms with Crippen LogP contribution in [0.25, 0.3) is 6.08 Å². The minimum absolute atomic E-state index is 0.718. The largest absolute Gasteiger partial charge is 0.478 e. The van der Waals surface area contributed by atoms with Crippen molar-refractivity contribution in [1.29, 1.82) is 0 Å². The third kappa shape index (κ3) is 5.05. The lowest BCUT2D eigenvalue weighted by Gasteiger charge is -2.20. The molecule has 0 fully saturated rings. The van der Waals surface area contributed by atoms with Gasteiger partial charge in [-0.3, -0.25) is 0 Å². The van der Waals surface area contributed by atoms with Gasteiger partial charge < -0.3 is 10.0 Å². The third-order valence-electron chi connectivity index (χ3n) is 3.57. The van der Waals surface area contributed by atoms with Gasteiger partial charge in [0.2, 0.25) is 0 Å². The summed E-state index contributed by atoms with van der Waals surface area (Å²) in [6, 6.07) is 15.2. The normalized spacial score (nSPS) is 11.2. The minimum atomic E-state index is -0.966. The van der Waals surface area contributed by atoms with Crippen LogP contribution < -0.4 is 4.90 Å². The molecule has 2 rings (SSSR count). The number of hydrogen-bond donors (Lipinski definition) is 1. The number of azo groups is 1. The standard InChI is InChI=1S/C19H21N3O2/c1-3-22(4-2)18-12-10-17(11-13-18)21-20-16-8-5-15(6-9-16)7-14-19(23)24/h5-14H,3-4H2,1-2H3,(H,23,24)/b14-7+,21-20?. The molecular formula is C19H21N3O2. The SMILES string of the molecule is CCN(CC)c1ccc(N=Nc2ccc(/C=C/C(=O)O)cc2)cc1. The molecule has 0 aromatic heterocycles. The van der Waals surface area contributed by atoms with Crippen LogP contribution in [0.15, 0.2) is 64.8 Å². The molecule has 0 aliphatic carbocycles. The second-order valence-electron chi connectivity index (χ2n) is 5.15. The lowest BCUT2D eigenvalue weighted by Crippen LogP contribution is -2.21. The maximum Gasteiger partial charge on any atom is 0.328 e. The molecule has 0 amide bonds. The molecule has 2 aromatic rings. The lowest BCUT2D eigenvalue weighted by molar-refractivity contribution is -0.131. The van der Waals surface area contributed by atoms with Gasteiger partial charge in [-0.15, -0.1) is 0 Å². The molecule has 0 aliphatic rings. The first kappa shape index (κ1) is 17.4. The number of aliphatic carboxylic acids is 1. The van der Waals surface area contributed by atoms with E-state index in [1.54, 1.807) is 24.3 Å². The first-order valence-corrected chi connectivity index (χ1v) is 7.90. The molecule has 5 heteroatoms. The van der Waals surface area contributed by atoms with E-state index in [0.717, 1.165) is 36.1 Å². The fourth-order valence-electron chi connectivity index (χ4n) is 2.25.